The van der Waals surface area contributed by atoms with Crippen molar-refractivity contribution in [1.29, 1.82) is 0 Å². The van der Waals surface area contributed by atoms with Crippen molar-refractivity contribution in [2.75, 3.05) is 32.8 Å². The van der Waals surface area contributed by atoms with Crippen LogP contribution in [0.25, 0.3) is 0 Å². The molecule has 0 aromatic carbocycles. The number of nitrogens with two attached hydrogens (primary N) is 1. The normalized spacial score (nSPS) is 17.5. The molecular weight excluding hydrogens is 228 g/mol. The smallest absolute Gasteiger partial charge is 0.327 e. The number of rotatable bonds is 4. The van der Waals surface area contributed by atoms with E-state index in [4.69, 9.17) is 20.7 Å². The lowest BCUT2D eigenvalue weighted by Crippen LogP contribution is -2.45. The van der Waals surface area contributed by atoms with E-state index in [-0.39, 0.29) is 0 Å². The molecule has 0 aromatic rings. The molecule has 1 atom stereocenters. The van der Waals surface area contributed by atoms with E-state index in [1.165, 1.54) is 0 Å². The summed E-state index contributed by atoms with van der Waals surface area (Å²) in [4.78, 5) is 21.7. The maximum absolute atomic E-state index is 10.5. The fourth-order valence-electron chi connectivity index (χ4n) is 1.12. The zero-order valence-corrected chi connectivity index (χ0v) is 9.54. The molecule has 1 rings (SSSR count). The highest BCUT2D eigenvalue weighted by Crippen LogP contribution is 1.97. The molecule has 7 heteroatoms. The van der Waals surface area contributed by atoms with Crippen LogP contribution in [0.5, 0.6) is 0 Å². The number of ether oxygens (including phenoxy) is 1. The molecule has 1 saturated heterocycles. The van der Waals surface area contributed by atoms with Crippen molar-refractivity contribution >= 4 is 11.9 Å². The zero-order chi connectivity index (χ0) is 13.3. The summed E-state index contributed by atoms with van der Waals surface area (Å²) in [5.74, 6) is -1.65. The Balaban J connectivity index is 0.000000437. The van der Waals surface area contributed by atoms with Gasteiger partial charge in [0.25, 0.3) is 0 Å². The molecule has 0 bridgehead atoms. The van der Waals surface area contributed by atoms with Crippen molar-refractivity contribution < 1.29 is 24.5 Å². The van der Waals surface area contributed by atoms with E-state index in [1.807, 2.05) is 4.90 Å². The van der Waals surface area contributed by atoms with Crippen LogP contribution in [-0.4, -0.2) is 65.9 Å². The Morgan fingerprint density at radius 3 is 2.29 bits per heavy atom. The van der Waals surface area contributed by atoms with Crippen molar-refractivity contribution in [2.45, 2.75) is 6.10 Å². The first-order valence-electron chi connectivity index (χ1n) is 5.10. The Kier molecular flexibility index (Phi) is 7.95. The first kappa shape index (κ1) is 15.6. The molecule has 4 N–H and O–H groups in total. The number of carbonyl (C=O) groups is 2. The average Bonchev–Trinajstić information content (AvgIpc) is 2.31. The molecule has 0 spiro atoms. The molecule has 0 radical (unpaired) electrons. The fraction of sp³-hybridized carbons (Fsp3) is 0.600. The van der Waals surface area contributed by atoms with E-state index in [0.29, 0.717) is 19.8 Å². The van der Waals surface area contributed by atoms with Crippen molar-refractivity contribution in [2.24, 2.45) is 5.73 Å². The summed E-state index contributed by atoms with van der Waals surface area (Å²) >= 11 is 0. The number of β-amino-alcohol motifs (C(OH)–C–C–N with tert-alkyl or cyclic N) is 1. The molecule has 1 unspecified atom stereocenters. The summed E-state index contributed by atoms with van der Waals surface area (Å²) in [5, 5.41) is 16.7. The molecule has 7 nitrogen and oxygen atoms in total. The number of carboxylic acids is 1. The van der Waals surface area contributed by atoms with E-state index >= 15 is 0 Å². The summed E-state index contributed by atoms with van der Waals surface area (Å²) < 4.78 is 5.10. The molecule has 17 heavy (non-hydrogen) atoms. The van der Waals surface area contributed by atoms with Gasteiger partial charge in [-0.25, -0.2) is 4.79 Å². The highest BCUT2D eigenvalue weighted by atomic mass is 16.5. The molecule has 0 aliphatic carbocycles. The number of carbonyl (C=O) groups excluding carboxylic acids is 1. The van der Waals surface area contributed by atoms with E-state index in [0.717, 1.165) is 19.2 Å². The van der Waals surface area contributed by atoms with Gasteiger partial charge in [-0.2, -0.15) is 0 Å². The standard InChI is InChI=1S/C7H14N2O3.C3H4O2/c8-7(11)6(10)5-9-1-3-12-4-2-9;1-2-3(4)5/h6,10H,1-5H2,(H2,8,11);2H,1H2,(H,4,5). The number of hydrogen-bond acceptors (Lipinski definition) is 5. The minimum absolute atomic E-state index is 0.318. The first-order chi connectivity index (χ1) is 7.97. The molecule has 1 aliphatic heterocycles. The van der Waals surface area contributed by atoms with Gasteiger partial charge in [0, 0.05) is 25.7 Å². The van der Waals surface area contributed by atoms with E-state index in [9.17, 15) is 9.59 Å². The second-order valence-corrected chi connectivity index (χ2v) is 3.37. The number of amides is 1. The molecule has 1 amide bonds. The van der Waals surface area contributed by atoms with Gasteiger partial charge in [-0.1, -0.05) is 6.58 Å². The number of aliphatic carboxylic acids is 1. The van der Waals surface area contributed by atoms with Gasteiger partial charge in [0.2, 0.25) is 5.91 Å². The summed E-state index contributed by atoms with van der Waals surface area (Å²) in [7, 11) is 0. The number of hydrogen-bond donors (Lipinski definition) is 3. The van der Waals surface area contributed by atoms with Crippen LogP contribution in [0, 0.1) is 0 Å². The number of primary amides is 1. The van der Waals surface area contributed by atoms with Gasteiger partial charge < -0.3 is 20.7 Å². The maximum Gasteiger partial charge on any atom is 0.327 e. The van der Waals surface area contributed by atoms with Gasteiger partial charge in [-0.15, -0.1) is 0 Å². The first-order valence-corrected chi connectivity index (χ1v) is 5.10. The Labute approximate surface area is 99.5 Å². The van der Waals surface area contributed by atoms with Crippen LogP contribution in [0.4, 0.5) is 0 Å². The van der Waals surface area contributed by atoms with Gasteiger partial charge in [0.05, 0.1) is 13.2 Å². The summed E-state index contributed by atoms with van der Waals surface area (Å²) in [5.41, 5.74) is 4.91. The van der Waals surface area contributed by atoms with Crippen molar-refractivity contribution in [3.05, 3.63) is 12.7 Å². The van der Waals surface area contributed by atoms with Gasteiger partial charge >= 0.3 is 5.97 Å². The van der Waals surface area contributed by atoms with Gasteiger partial charge in [-0.05, 0) is 0 Å². The largest absolute Gasteiger partial charge is 0.478 e. The lowest BCUT2D eigenvalue weighted by atomic mass is 10.3. The minimum atomic E-state index is -1.05. The van der Waals surface area contributed by atoms with Crippen LogP contribution in [0.1, 0.15) is 0 Å². The third kappa shape index (κ3) is 8.38. The monoisotopic (exact) mass is 246 g/mol. The van der Waals surface area contributed by atoms with Crippen LogP contribution in [0.15, 0.2) is 12.7 Å². The van der Waals surface area contributed by atoms with Gasteiger partial charge in [0.15, 0.2) is 0 Å². The van der Waals surface area contributed by atoms with Crippen LogP contribution in [0.2, 0.25) is 0 Å². The zero-order valence-electron chi connectivity index (χ0n) is 9.54. The van der Waals surface area contributed by atoms with Crippen LogP contribution >= 0.6 is 0 Å². The maximum atomic E-state index is 10.5. The Morgan fingerprint density at radius 1 is 1.47 bits per heavy atom. The van der Waals surface area contributed by atoms with Crippen LogP contribution < -0.4 is 5.73 Å². The third-order valence-electron chi connectivity index (χ3n) is 2.04. The molecular formula is C10H18N2O5. The number of nitrogens with zero attached hydrogens (tertiary/aromatic N) is 1. The number of aliphatic hydroxyl groups excluding tert-OH is 1. The quantitative estimate of drug-likeness (QED) is 0.516. The number of carboxylic acid groups (broad SMARTS) is 1. The summed E-state index contributed by atoms with van der Waals surface area (Å²) in [6.07, 6.45) is -0.219. The Hall–Kier alpha value is -1.44. The number of morpholine rings is 1. The van der Waals surface area contributed by atoms with E-state index < -0.39 is 18.0 Å². The lowest BCUT2D eigenvalue weighted by molar-refractivity contribution is -0.131. The van der Waals surface area contributed by atoms with E-state index in [1.54, 1.807) is 0 Å². The third-order valence-corrected chi connectivity index (χ3v) is 2.04. The molecule has 0 aromatic heterocycles. The predicted molar refractivity (Wildman–Crippen MR) is 60.3 cm³/mol. The highest BCUT2D eigenvalue weighted by Gasteiger charge is 2.17. The Morgan fingerprint density at radius 2 is 1.94 bits per heavy atom. The summed E-state index contributed by atoms with van der Waals surface area (Å²) in [6, 6.07) is 0. The topological polar surface area (TPSA) is 113 Å². The Bertz CT molecular complexity index is 263. The molecule has 1 heterocycles. The van der Waals surface area contributed by atoms with Crippen molar-refractivity contribution in [3.8, 4) is 0 Å². The lowest BCUT2D eigenvalue weighted by Gasteiger charge is -2.27. The van der Waals surface area contributed by atoms with Crippen LogP contribution in [-0.2, 0) is 14.3 Å². The van der Waals surface area contributed by atoms with Crippen molar-refractivity contribution in [3.63, 3.8) is 0 Å². The molecule has 1 aliphatic rings. The average molecular weight is 246 g/mol. The second-order valence-electron chi connectivity index (χ2n) is 3.37. The molecule has 0 saturated carbocycles. The van der Waals surface area contributed by atoms with Crippen molar-refractivity contribution in [1.82, 2.24) is 4.90 Å². The summed E-state index contributed by atoms with van der Waals surface area (Å²) in [6.45, 7) is 6.10. The van der Waals surface area contributed by atoms with Gasteiger partial charge in [0.1, 0.15) is 6.10 Å². The molecule has 1 fully saturated rings. The second kappa shape index (κ2) is 8.68. The fourth-order valence-corrected chi connectivity index (χ4v) is 1.12. The highest BCUT2D eigenvalue weighted by molar-refractivity contribution is 5.79. The minimum Gasteiger partial charge on any atom is -0.478 e. The van der Waals surface area contributed by atoms with Crippen LogP contribution in [0.3, 0.4) is 0 Å². The van der Waals surface area contributed by atoms with Gasteiger partial charge in [-0.3, -0.25) is 9.69 Å². The van der Waals surface area contributed by atoms with E-state index in [2.05, 4.69) is 6.58 Å². The number of aliphatic hydroxyl groups is 1. The molecule has 98 valence electrons. The predicted octanol–water partition coefficient (Wildman–Crippen LogP) is -1.58. The SMILES string of the molecule is C=CC(=O)O.NC(=O)C(O)CN1CCOCC1.